The highest BCUT2D eigenvalue weighted by atomic mass is 35.5. The van der Waals surface area contributed by atoms with Crippen LogP contribution in [0.25, 0.3) is 0 Å². The van der Waals surface area contributed by atoms with Gasteiger partial charge in [-0.2, -0.15) is 0 Å². The Labute approximate surface area is 127 Å². The van der Waals surface area contributed by atoms with Crippen molar-refractivity contribution in [1.82, 2.24) is 0 Å². The van der Waals surface area contributed by atoms with Gasteiger partial charge < -0.3 is 29.9 Å². The zero-order chi connectivity index (χ0) is 15.8. The molecule has 1 aromatic carbocycles. The van der Waals surface area contributed by atoms with Crippen molar-refractivity contribution in [3.8, 4) is 0 Å². The third-order valence-electron chi connectivity index (χ3n) is 3.81. The first-order valence-corrected chi connectivity index (χ1v) is 6.89. The summed E-state index contributed by atoms with van der Waals surface area (Å²) in [6.07, 6.45) is -5.55. The summed E-state index contributed by atoms with van der Waals surface area (Å²) in [5.74, 6) is -1.69. The molecule has 21 heavy (non-hydrogen) atoms. The topological polar surface area (TPSA) is 99.4 Å². The minimum Gasteiger partial charge on any atom is -0.394 e. The van der Waals surface area contributed by atoms with Crippen LogP contribution in [0.5, 0.6) is 0 Å². The van der Waals surface area contributed by atoms with Crippen molar-refractivity contribution in [2.75, 3.05) is 13.7 Å². The van der Waals surface area contributed by atoms with Crippen LogP contribution < -0.4 is 0 Å². The van der Waals surface area contributed by atoms with Crippen molar-refractivity contribution in [3.63, 3.8) is 0 Å². The second kappa shape index (κ2) is 6.18. The number of hydrogen-bond donors (Lipinski definition) is 4. The standard InChI is InChI=1S/C14H19ClO6/c1-7-5-8(3-4-9(7)15)14(20-2)13(19)12(18)11(17)10(6-16)21-14/h3-5,10-13,16-19H,6H2,1-2H3. The van der Waals surface area contributed by atoms with E-state index in [-0.39, 0.29) is 0 Å². The summed E-state index contributed by atoms with van der Waals surface area (Å²) in [4.78, 5) is 0. The zero-order valence-corrected chi connectivity index (χ0v) is 12.5. The zero-order valence-electron chi connectivity index (χ0n) is 11.7. The monoisotopic (exact) mass is 318 g/mol. The Kier molecular flexibility index (Phi) is 4.89. The van der Waals surface area contributed by atoms with Gasteiger partial charge in [-0.05, 0) is 24.6 Å². The van der Waals surface area contributed by atoms with Gasteiger partial charge in [-0.1, -0.05) is 17.7 Å². The minimum atomic E-state index is -1.69. The molecular weight excluding hydrogens is 300 g/mol. The first-order chi connectivity index (χ1) is 9.87. The van der Waals surface area contributed by atoms with Gasteiger partial charge in [-0.25, -0.2) is 0 Å². The maximum Gasteiger partial charge on any atom is 0.224 e. The van der Waals surface area contributed by atoms with Crippen molar-refractivity contribution < 1.29 is 29.9 Å². The maximum atomic E-state index is 10.3. The number of ether oxygens (including phenoxy) is 2. The van der Waals surface area contributed by atoms with E-state index in [2.05, 4.69) is 0 Å². The van der Waals surface area contributed by atoms with Crippen molar-refractivity contribution in [3.05, 3.63) is 34.3 Å². The predicted octanol–water partition coefficient (Wildman–Crippen LogP) is -0.0786. The summed E-state index contributed by atoms with van der Waals surface area (Å²) in [6, 6.07) is 4.88. The first kappa shape index (κ1) is 16.6. The maximum absolute atomic E-state index is 10.3. The number of rotatable bonds is 3. The van der Waals surface area contributed by atoms with Gasteiger partial charge in [0.2, 0.25) is 5.79 Å². The molecule has 1 aliphatic heterocycles. The Hall–Kier alpha value is -0.730. The van der Waals surface area contributed by atoms with Crippen LogP contribution in [0.1, 0.15) is 11.1 Å². The van der Waals surface area contributed by atoms with Crippen molar-refractivity contribution in [1.29, 1.82) is 0 Å². The summed E-state index contributed by atoms with van der Waals surface area (Å²) in [7, 11) is 1.31. The third-order valence-corrected chi connectivity index (χ3v) is 4.24. The van der Waals surface area contributed by atoms with E-state index in [4.69, 9.17) is 21.1 Å². The molecular formula is C14H19ClO6. The van der Waals surface area contributed by atoms with E-state index >= 15 is 0 Å². The van der Waals surface area contributed by atoms with Gasteiger partial charge in [0.1, 0.15) is 24.4 Å². The fourth-order valence-electron chi connectivity index (χ4n) is 2.53. The van der Waals surface area contributed by atoms with Crippen LogP contribution in [-0.4, -0.2) is 58.6 Å². The molecule has 7 heteroatoms. The van der Waals surface area contributed by atoms with Gasteiger partial charge in [0, 0.05) is 17.7 Å². The number of halogens is 1. The number of methoxy groups -OCH3 is 1. The molecule has 6 nitrogen and oxygen atoms in total. The van der Waals surface area contributed by atoms with Crippen LogP contribution in [0.15, 0.2) is 18.2 Å². The molecule has 1 saturated heterocycles. The molecule has 118 valence electrons. The molecule has 0 aromatic heterocycles. The van der Waals surface area contributed by atoms with E-state index in [1.165, 1.54) is 7.11 Å². The third kappa shape index (κ3) is 2.68. The molecule has 0 spiro atoms. The second-order valence-corrected chi connectivity index (χ2v) is 5.51. The molecule has 5 unspecified atom stereocenters. The van der Waals surface area contributed by atoms with Gasteiger partial charge in [0.05, 0.1) is 6.61 Å². The number of aliphatic hydroxyl groups is 4. The van der Waals surface area contributed by atoms with Gasteiger partial charge in [-0.15, -0.1) is 0 Å². The lowest BCUT2D eigenvalue weighted by Crippen LogP contribution is -2.64. The Morgan fingerprint density at radius 2 is 1.95 bits per heavy atom. The smallest absolute Gasteiger partial charge is 0.224 e. The first-order valence-electron chi connectivity index (χ1n) is 6.52. The number of hydrogen-bond acceptors (Lipinski definition) is 6. The van der Waals surface area contributed by atoms with Gasteiger partial charge in [-0.3, -0.25) is 0 Å². The molecule has 0 saturated carbocycles. The largest absolute Gasteiger partial charge is 0.394 e. The molecule has 1 aliphatic rings. The van der Waals surface area contributed by atoms with Crippen LogP contribution in [0.2, 0.25) is 5.02 Å². The lowest BCUT2D eigenvalue weighted by Gasteiger charge is -2.47. The molecule has 0 bridgehead atoms. The average molecular weight is 319 g/mol. The highest BCUT2D eigenvalue weighted by molar-refractivity contribution is 6.31. The summed E-state index contributed by atoms with van der Waals surface area (Å²) < 4.78 is 10.9. The van der Waals surface area contributed by atoms with E-state index < -0.39 is 36.8 Å². The van der Waals surface area contributed by atoms with E-state index in [0.717, 1.165) is 5.56 Å². The summed E-state index contributed by atoms with van der Waals surface area (Å²) in [5.41, 5.74) is 1.17. The molecule has 4 N–H and O–H groups in total. The summed E-state index contributed by atoms with van der Waals surface area (Å²) in [6.45, 7) is 1.25. The molecule has 1 heterocycles. The fourth-order valence-corrected chi connectivity index (χ4v) is 2.65. The lowest BCUT2D eigenvalue weighted by molar-refractivity contribution is -0.366. The highest BCUT2D eigenvalue weighted by Crippen LogP contribution is 2.40. The average Bonchev–Trinajstić information content (AvgIpc) is 2.49. The van der Waals surface area contributed by atoms with Gasteiger partial charge in [0.25, 0.3) is 0 Å². The number of aliphatic hydroxyl groups excluding tert-OH is 4. The fraction of sp³-hybridized carbons (Fsp3) is 0.571. The normalized spacial score (nSPS) is 36.7. The second-order valence-electron chi connectivity index (χ2n) is 5.10. The van der Waals surface area contributed by atoms with Crippen LogP contribution in [0.4, 0.5) is 0 Å². The molecule has 1 aromatic rings. The summed E-state index contributed by atoms with van der Waals surface area (Å²) >= 11 is 5.98. The molecule has 0 aliphatic carbocycles. The lowest BCUT2D eigenvalue weighted by atomic mass is 9.87. The number of benzene rings is 1. The van der Waals surface area contributed by atoms with E-state index in [0.29, 0.717) is 10.6 Å². The van der Waals surface area contributed by atoms with Crippen molar-refractivity contribution >= 4 is 11.6 Å². The molecule has 1 fully saturated rings. The molecule has 5 atom stereocenters. The predicted molar refractivity (Wildman–Crippen MR) is 74.9 cm³/mol. The van der Waals surface area contributed by atoms with Crippen LogP contribution >= 0.6 is 11.6 Å². The Bertz CT molecular complexity index is 508. The molecule has 0 amide bonds. The summed E-state index contributed by atoms with van der Waals surface area (Å²) in [5, 5.41) is 39.9. The quantitative estimate of drug-likeness (QED) is 0.622. The van der Waals surface area contributed by atoms with Gasteiger partial charge in [0.15, 0.2) is 0 Å². The van der Waals surface area contributed by atoms with Crippen molar-refractivity contribution in [2.45, 2.75) is 37.1 Å². The van der Waals surface area contributed by atoms with Gasteiger partial charge >= 0.3 is 0 Å². The Morgan fingerprint density at radius 1 is 1.29 bits per heavy atom. The van der Waals surface area contributed by atoms with E-state index in [9.17, 15) is 20.4 Å². The number of aryl methyl sites for hydroxylation is 1. The Balaban J connectivity index is 2.49. The van der Waals surface area contributed by atoms with Crippen LogP contribution in [-0.2, 0) is 15.3 Å². The van der Waals surface area contributed by atoms with Crippen molar-refractivity contribution in [2.24, 2.45) is 0 Å². The van der Waals surface area contributed by atoms with Crippen LogP contribution in [0.3, 0.4) is 0 Å². The molecule has 2 rings (SSSR count). The SMILES string of the molecule is COC1(c2ccc(Cl)c(C)c2)OC(CO)C(O)C(O)C1O. The highest BCUT2D eigenvalue weighted by Gasteiger charge is 2.55. The van der Waals surface area contributed by atoms with E-state index in [1.807, 2.05) is 0 Å². The minimum absolute atomic E-state index is 0.434. The van der Waals surface area contributed by atoms with Crippen LogP contribution in [0, 0.1) is 6.92 Å². The van der Waals surface area contributed by atoms with E-state index in [1.54, 1.807) is 25.1 Å². The Morgan fingerprint density at radius 3 is 2.48 bits per heavy atom. The molecule has 0 radical (unpaired) electrons.